The lowest BCUT2D eigenvalue weighted by molar-refractivity contribution is 0.0372. The number of nitrogens with zero attached hydrogens (tertiary/aromatic N) is 1. The van der Waals surface area contributed by atoms with Crippen LogP contribution in [0.2, 0.25) is 0 Å². The van der Waals surface area contributed by atoms with Crippen molar-refractivity contribution in [3.63, 3.8) is 0 Å². The molecular weight excluding hydrogens is 342 g/mol. The maximum absolute atomic E-state index is 10.4. The third-order valence-corrected chi connectivity index (χ3v) is 4.90. The van der Waals surface area contributed by atoms with E-state index >= 15 is 0 Å². The molecule has 0 fully saturated rings. The van der Waals surface area contributed by atoms with Gasteiger partial charge in [0.25, 0.3) is 0 Å². The highest BCUT2D eigenvalue weighted by molar-refractivity contribution is 5.44. The lowest BCUT2D eigenvalue weighted by Crippen LogP contribution is -2.42. The van der Waals surface area contributed by atoms with Crippen molar-refractivity contribution < 1.29 is 19.3 Å². The van der Waals surface area contributed by atoms with Gasteiger partial charge in [-0.3, -0.25) is 4.90 Å². The quantitative estimate of drug-likeness (QED) is 0.810. The van der Waals surface area contributed by atoms with Gasteiger partial charge in [-0.05, 0) is 56.6 Å². The summed E-state index contributed by atoms with van der Waals surface area (Å²) in [4.78, 5) is 2.05. The highest BCUT2D eigenvalue weighted by Gasteiger charge is 2.23. The molecule has 0 saturated carbocycles. The number of ether oxygens (including phenoxy) is 3. The SMILES string of the molecule is Cc1ccc(C)c(OCC(O)CN(C)CC2COc3ccccc3O2)c1C. The second kappa shape index (κ2) is 8.63. The monoisotopic (exact) mass is 371 g/mol. The molecule has 5 heteroatoms. The van der Waals surface area contributed by atoms with E-state index in [0.717, 1.165) is 28.4 Å². The molecule has 146 valence electrons. The first-order chi connectivity index (χ1) is 12.9. The Hall–Kier alpha value is -2.24. The molecule has 27 heavy (non-hydrogen) atoms. The van der Waals surface area contributed by atoms with Crippen molar-refractivity contribution in [2.24, 2.45) is 0 Å². The number of hydrogen-bond donors (Lipinski definition) is 1. The molecule has 1 aliphatic rings. The van der Waals surface area contributed by atoms with Crippen LogP contribution in [0.4, 0.5) is 0 Å². The molecule has 0 amide bonds. The summed E-state index contributed by atoms with van der Waals surface area (Å²) in [6.45, 7) is 8.10. The number of hydrogen-bond acceptors (Lipinski definition) is 5. The Kier molecular flexibility index (Phi) is 6.24. The van der Waals surface area contributed by atoms with Crippen LogP contribution < -0.4 is 14.2 Å². The molecule has 0 bridgehead atoms. The Bertz CT molecular complexity index is 777. The fourth-order valence-electron chi connectivity index (χ4n) is 3.31. The van der Waals surface area contributed by atoms with Crippen molar-refractivity contribution in [3.8, 4) is 17.2 Å². The van der Waals surface area contributed by atoms with Crippen molar-refractivity contribution in [2.45, 2.75) is 33.0 Å². The van der Waals surface area contributed by atoms with E-state index in [-0.39, 0.29) is 12.7 Å². The highest BCUT2D eigenvalue weighted by Crippen LogP contribution is 2.31. The van der Waals surface area contributed by atoms with Crippen LogP contribution in [0.15, 0.2) is 36.4 Å². The van der Waals surface area contributed by atoms with Gasteiger partial charge in [0.2, 0.25) is 0 Å². The Balaban J connectivity index is 1.47. The maximum Gasteiger partial charge on any atom is 0.161 e. The van der Waals surface area contributed by atoms with Crippen LogP contribution >= 0.6 is 0 Å². The van der Waals surface area contributed by atoms with Crippen molar-refractivity contribution >= 4 is 0 Å². The van der Waals surface area contributed by atoms with Gasteiger partial charge in [0.05, 0.1) is 0 Å². The van der Waals surface area contributed by atoms with Gasteiger partial charge in [-0.2, -0.15) is 0 Å². The zero-order chi connectivity index (χ0) is 19.4. The third-order valence-electron chi connectivity index (χ3n) is 4.90. The van der Waals surface area contributed by atoms with Crippen LogP contribution in [0.3, 0.4) is 0 Å². The second-order valence-electron chi connectivity index (χ2n) is 7.34. The predicted octanol–water partition coefficient (Wildman–Crippen LogP) is 3.12. The largest absolute Gasteiger partial charge is 0.490 e. The van der Waals surface area contributed by atoms with Gasteiger partial charge in [0.1, 0.15) is 31.2 Å². The van der Waals surface area contributed by atoms with Crippen LogP contribution in [0.1, 0.15) is 16.7 Å². The number of aliphatic hydroxyl groups excluding tert-OH is 1. The molecule has 2 atom stereocenters. The molecule has 1 heterocycles. The number of aliphatic hydroxyl groups is 1. The zero-order valence-corrected chi connectivity index (χ0v) is 16.6. The minimum Gasteiger partial charge on any atom is -0.490 e. The molecular formula is C22H29NO4. The van der Waals surface area contributed by atoms with Crippen LogP contribution in [0.25, 0.3) is 0 Å². The van der Waals surface area contributed by atoms with Gasteiger partial charge in [-0.15, -0.1) is 0 Å². The normalized spacial score (nSPS) is 17.0. The smallest absolute Gasteiger partial charge is 0.161 e. The fourth-order valence-corrected chi connectivity index (χ4v) is 3.31. The van der Waals surface area contributed by atoms with E-state index in [9.17, 15) is 5.11 Å². The first kappa shape index (κ1) is 19.5. The molecule has 5 nitrogen and oxygen atoms in total. The van der Waals surface area contributed by atoms with Gasteiger partial charge < -0.3 is 19.3 Å². The van der Waals surface area contributed by atoms with Gasteiger partial charge in [-0.25, -0.2) is 0 Å². The molecule has 1 N–H and O–H groups in total. The van der Waals surface area contributed by atoms with E-state index < -0.39 is 6.10 Å². The van der Waals surface area contributed by atoms with Crippen molar-refractivity contribution in [1.29, 1.82) is 0 Å². The summed E-state index contributed by atoms with van der Waals surface area (Å²) in [6, 6.07) is 11.8. The van der Waals surface area contributed by atoms with E-state index in [1.807, 2.05) is 43.1 Å². The number of rotatable bonds is 7. The average Bonchev–Trinajstić information content (AvgIpc) is 2.64. The van der Waals surface area contributed by atoms with Crippen LogP contribution in [-0.2, 0) is 0 Å². The maximum atomic E-state index is 10.4. The minimum atomic E-state index is -0.578. The first-order valence-electron chi connectivity index (χ1n) is 9.38. The third kappa shape index (κ3) is 4.93. The van der Waals surface area contributed by atoms with E-state index in [1.165, 1.54) is 5.56 Å². The number of benzene rings is 2. The standard InChI is InChI=1S/C22H29NO4/c1-15-9-10-16(2)22(17(15)3)26-13-18(24)11-23(4)12-19-14-25-20-7-5-6-8-21(20)27-19/h5-10,18-19,24H,11-14H2,1-4H3. The molecule has 2 aromatic carbocycles. The Morgan fingerprint density at radius 2 is 1.81 bits per heavy atom. The number of fused-ring (bicyclic) bond motifs is 1. The summed E-state index contributed by atoms with van der Waals surface area (Å²) < 4.78 is 17.6. The molecule has 0 spiro atoms. The number of aryl methyl sites for hydroxylation is 2. The van der Waals surface area contributed by atoms with Crippen LogP contribution in [0, 0.1) is 20.8 Å². The number of likely N-dealkylation sites (N-methyl/N-ethyl adjacent to an activating group) is 1. The lowest BCUT2D eigenvalue weighted by Gasteiger charge is -2.30. The number of para-hydroxylation sites is 2. The molecule has 2 aromatic rings. The molecule has 0 aromatic heterocycles. The summed E-state index contributed by atoms with van der Waals surface area (Å²) in [5, 5.41) is 10.4. The molecule has 2 unspecified atom stereocenters. The van der Waals surface area contributed by atoms with E-state index in [4.69, 9.17) is 14.2 Å². The average molecular weight is 371 g/mol. The van der Waals surface area contributed by atoms with Gasteiger partial charge in [0.15, 0.2) is 11.5 Å². The van der Waals surface area contributed by atoms with Gasteiger partial charge >= 0.3 is 0 Å². The van der Waals surface area contributed by atoms with E-state index in [1.54, 1.807) is 0 Å². The van der Waals surface area contributed by atoms with Crippen LogP contribution in [0.5, 0.6) is 17.2 Å². The van der Waals surface area contributed by atoms with Crippen molar-refractivity contribution in [2.75, 3.05) is 33.4 Å². The lowest BCUT2D eigenvalue weighted by atomic mass is 10.1. The summed E-state index contributed by atoms with van der Waals surface area (Å²) in [5.41, 5.74) is 3.41. The van der Waals surface area contributed by atoms with E-state index in [2.05, 4.69) is 26.0 Å². The second-order valence-corrected chi connectivity index (χ2v) is 7.34. The topological polar surface area (TPSA) is 51.2 Å². The first-order valence-corrected chi connectivity index (χ1v) is 9.38. The molecule has 0 saturated heterocycles. The highest BCUT2D eigenvalue weighted by atomic mass is 16.6. The molecule has 1 aliphatic heterocycles. The molecule has 0 aliphatic carbocycles. The summed E-state index contributed by atoms with van der Waals surface area (Å²) in [6.07, 6.45) is -0.634. The van der Waals surface area contributed by atoms with Gasteiger partial charge in [-0.1, -0.05) is 24.3 Å². The summed E-state index contributed by atoms with van der Waals surface area (Å²) in [7, 11) is 1.97. The Morgan fingerprint density at radius 3 is 2.59 bits per heavy atom. The zero-order valence-electron chi connectivity index (χ0n) is 16.6. The van der Waals surface area contributed by atoms with Crippen molar-refractivity contribution in [3.05, 3.63) is 53.1 Å². The van der Waals surface area contributed by atoms with Crippen molar-refractivity contribution in [1.82, 2.24) is 4.90 Å². The van der Waals surface area contributed by atoms with E-state index in [0.29, 0.717) is 19.7 Å². The van der Waals surface area contributed by atoms with Crippen LogP contribution in [-0.4, -0.2) is 55.6 Å². The Labute approximate surface area is 161 Å². The molecule has 3 rings (SSSR count). The predicted molar refractivity (Wildman–Crippen MR) is 106 cm³/mol. The molecule has 0 radical (unpaired) electrons. The fraction of sp³-hybridized carbons (Fsp3) is 0.455. The minimum absolute atomic E-state index is 0.0562. The summed E-state index contributed by atoms with van der Waals surface area (Å²) >= 11 is 0. The Morgan fingerprint density at radius 1 is 1.11 bits per heavy atom. The van der Waals surface area contributed by atoms with Gasteiger partial charge in [0, 0.05) is 13.1 Å². The summed E-state index contributed by atoms with van der Waals surface area (Å²) in [5.74, 6) is 2.43.